The Labute approximate surface area is 122 Å². The van der Waals surface area contributed by atoms with Gasteiger partial charge < -0.3 is 15.3 Å². The number of benzene rings is 1. The minimum absolute atomic E-state index is 0.0574. The Morgan fingerprint density at radius 1 is 1.30 bits per heavy atom. The highest BCUT2D eigenvalue weighted by Crippen LogP contribution is 2.23. The molecule has 0 unspecified atom stereocenters. The standard InChI is InChI=1S/C14H15ClN2O3/c1-3-7-17(8-4-2)14(20)16-12-6-5-10(13(18)19)9-11(12)15/h3-6,9H,1-2,7-8H2,(H,16,20)(H,18,19). The van der Waals surface area contributed by atoms with Crippen LogP contribution in [-0.4, -0.2) is 35.1 Å². The second-order valence-corrected chi connectivity index (χ2v) is 4.32. The summed E-state index contributed by atoms with van der Waals surface area (Å²) in [5, 5.41) is 11.6. The molecule has 0 radical (unpaired) electrons. The fourth-order valence-corrected chi connectivity index (χ4v) is 1.72. The van der Waals surface area contributed by atoms with Gasteiger partial charge in [-0.2, -0.15) is 0 Å². The molecule has 2 N–H and O–H groups in total. The Hall–Kier alpha value is -2.27. The maximum atomic E-state index is 12.0. The van der Waals surface area contributed by atoms with Crippen LogP contribution in [-0.2, 0) is 0 Å². The van der Waals surface area contributed by atoms with E-state index in [2.05, 4.69) is 18.5 Å². The lowest BCUT2D eigenvalue weighted by Gasteiger charge is -2.20. The molecule has 1 aromatic rings. The van der Waals surface area contributed by atoms with Crippen molar-refractivity contribution in [1.82, 2.24) is 4.90 Å². The molecule has 0 aromatic heterocycles. The second kappa shape index (κ2) is 7.35. The van der Waals surface area contributed by atoms with Crippen molar-refractivity contribution in [2.45, 2.75) is 0 Å². The molecule has 0 saturated carbocycles. The van der Waals surface area contributed by atoms with Crippen LogP contribution in [0, 0.1) is 0 Å². The van der Waals surface area contributed by atoms with Crippen molar-refractivity contribution in [3.8, 4) is 0 Å². The van der Waals surface area contributed by atoms with E-state index in [-0.39, 0.29) is 16.6 Å². The zero-order chi connectivity index (χ0) is 15.1. The monoisotopic (exact) mass is 294 g/mol. The Morgan fingerprint density at radius 2 is 1.90 bits per heavy atom. The van der Waals surface area contributed by atoms with Crippen molar-refractivity contribution in [1.29, 1.82) is 0 Å². The second-order valence-electron chi connectivity index (χ2n) is 3.91. The van der Waals surface area contributed by atoms with Crippen LogP contribution in [0.15, 0.2) is 43.5 Å². The summed E-state index contributed by atoms with van der Waals surface area (Å²) < 4.78 is 0. The first-order valence-corrected chi connectivity index (χ1v) is 6.18. The Balaban J connectivity index is 2.86. The topological polar surface area (TPSA) is 69.6 Å². The smallest absolute Gasteiger partial charge is 0.335 e. The van der Waals surface area contributed by atoms with Gasteiger partial charge in [0.05, 0.1) is 16.3 Å². The average Bonchev–Trinajstić information content (AvgIpc) is 2.40. The molecule has 0 fully saturated rings. The lowest BCUT2D eigenvalue weighted by molar-refractivity contribution is 0.0697. The maximum absolute atomic E-state index is 12.0. The largest absolute Gasteiger partial charge is 0.478 e. The predicted octanol–water partition coefficient (Wildman–Crippen LogP) is 3.24. The molecule has 106 valence electrons. The van der Waals surface area contributed by atoms with Gasteiger partial charge in [0.15, 0.2) is 0 Å². The van der Waals surface area contributed by atoms with Crippen molar-refractivity contribution in [3.63, 3.8) is 0 Å². The summed E-state index contributed by atoms with van der Waals surface area (Å²) in [5.74, 6) is -1.08. The maximum Gasteiger partial charge on any atom is 0.335 e. The summed E-state index contributed by atoms with van der Waals surface area (Å²) >= 11 is 5.94. The van der Waals surface area contributed by atoms with Crippen LogP contribution in [0.1, 0.15) is 10.4 Å². The van der Waals surface area contributed by atoms with Crippen molar-refractivity contribution in [2.24, 2.45) is 0 Å². The van der Waals surface area contributed by atoms with Crippen molar-refractivity contribution in [2.75, 3.05) is 18.4 Å². The molecule has 2 amide bonds. The van der Waals surface area contributed by atoms with Gasteiger partial charge in [-0.05, 0) is 18.2 Å². The van der Waals surface area contributed by atoms with Gasteiger partial charge in [0, 0.05) is 13.1 Å². The molecular weight excluding hydrogens is 280 g/mol. The van der Waals surface area contributed by atoms with Gasteiger partial charge in [0.25, 0.3) is 0 Å². The van der Waals surface area contributed by atoms with Gasteiger partial charge in [-0.3, -0.25) is 0 Å². The number of nitrogens with zero attached hydrogens (tertiary/aromatic N) is 1. The third-order valence-corrected chi connectivity index (χ3v) is 2.76. The number of carboxylic acids is 1. The first-order chi connectivity index (χ1) is 9.49. The highest BCUT2D eigenvalue weighted by molar-refractivity contribution is 6.34. The molecule has 0 saturated heterocycles. The summed E-state index contributed by atoms with van der Waals surface area (Å²) in [6.45, 7) is 7.87. The van der Waals surface area contributed by atoms with Crippen LogP contribution in [0.25, 0.3) is 0 Å². The molecule has 0 aliphatic rings. The molecule has 0 aliphatic heterocycles. The van der Waals surface area contributed by atoms with Crippen LogP contribution in [0.2, 0.25) is 5.02 Å². The third kappa shape index (κ3) is 4.13. The van der Waals surface area contributed by atoms with E-state index in [1.54, 1.807) is 12.2 Å². The summed E-state index contributed by atoms with van der Waals surface area (Å²) in [6, 6.07) is 3.73. The Bertz CT molecular complexity index is 533. The summed E-state index contributed by atoms with van der Waals surface area (Å²) in [7, 11) is 0. The van der Waals surface area contributed by atoms with Crippen LogP contribution in [0.3, 0.4) is 0 Å². The van der Waals surface area contributed by atoms with Crippen LogP contribution >= 0.6 is 11.6 Å². The fraction of sp³-hybridized carbons (Fsp3) is 0.143. The number of carbonyl (C=O) groups excluding carboxylic acids is 1. The number of hydrogen-bond acceptors (Lipinski definition) is 2. The molecule has 0 heterocycles. The Morgan fingerprint density at radius 3 is 2.35 bits per heavy atom. The molecule has 5 nitrogen and oxygen atoms in total. The van der Waals surface area contributed by atoms with E-state index in [0.29, 0.717) is 18.8 Å². The van der Waals surface area contributed by atoms with E-state index in [1.165, 1.54) is 23.1 Å². The molecule has 20 heavy (non-hydrogen) atoms. The molecule has 0 bridgehead atoms. The van der Waals surface area contributed by atoms with E-state index >= 15 is 0 Å². The molecule has 0 spiro atoms. The number of urea groups is 1. The lowest BCUT2D eigenvalue weighted by Crippen LogP contribution is -2.35. The molecular formula is C14H15ClN2O3. The number of rotatable bonds is 6. The highest BCUT2D eigenvalue weighted by Gasteiger charge is 2.13. The van der Waals surface area contributed by atoms with Crippen molar-refractivity contribution >= 4 is 29.3 Å². The molecule has 6 heteroatoms. The molecule has 0 atom stereocenters. The van der Waals surface area contributed by atoms with E-state index in [1.807, 2.05) is 0 Å². The number of carbonyl (C=O) groups is 2. The van der Waals surface area contributed by atoms with Gasteiger partial charge in [-0.15, -0.1) is 13.2 Å². The zero-order valence-electron chi connectivity index (χ0n) is 10.8. The van der Waals surface area contributed by atoms with E-state index in [0.717, 1.165) is 0 Å². The summed E-state index contributed by atoms with van der Waals surface area (Å²) in [4.78, 5) is 24.3. The number of amides is 2. The number of aromatic carboxylic acids is 1. The van der Waals surface area contributed by atoms with Gasteiger partial charge in [-0.25, -0.2) is 9.59 Å². The highest BCUT2D eigenvalue weighted by atomic mass is 35.5. The van der Waals surface area contributed by atoms with Gasteiger partial charge >= 0.3 is 12.0 Å². The molecule has 1 aromatic carbocycles. The van der Waals surface area contributed by atoms with Crippen LogP contribution in [0.5, 0.6) is 0 Å². The van der Waals surface area contributed by atoms with E-state index in [4.69, 9.17) is 16.7 Å². The lowest BCUT2D eigenvalue weighted by atomic mass is 10.2. The predicted molar refractivity (Wildman–Crippen MR) is 79.4 cm³/mol. The normalized spacial score (nSPS) is 9.65. The first-order valence-electron chi connectivity index (χ1n) is 5.80. The Kier molecular flexibility index (Phi) is 5.80. The fourth-order valence-electron chi connectivity index (χ4n) is 1.50. The average molecular weight is 295 g/mol. The van der Waals surface area contributed by atoms with Crippen molar-refractivity contribution < 1.29 is 14.7 Å². The molecule has 0 aliphatic carbocycles. The zero-order valence-corrected chi connectivity index (χ0v) is 11.6. The minimum atomic E-state index is -1.08. The van der Waals surface area contributed by atoms with Gasteiger partial charge in [0.1, 0.15) is 0 Å². The van der Waals surface area contributed by atoms with Crippen LogP contribution < -0.4 is 5.32 Å². The van der Waals surface area contributed by atoms with E-state index in [9.17, 15) is 9.59 Å². The van der Waals surface area contributed by atoms with Crippen molar-refractivity contribution in [3.05, 3.63) is 54.1 Å². The minimum Gasteiger partial charge on any atom is -0.478 e. The number of carboxylic acid groups (broad SMARTS) is 1. The SMILES string of the molecule is C=CCN(CC=C)C(=O)Nc1ccc(C(=O)O)cc1Cl. The summed E-state index contributed by atoms with van der Waals surface area (Å²) in [6.07, 6.45) is 3.19. The third-order valence-electron chi connectivity index (χ3n) is 2.44. The number of anilines is 1. The van der Waals surface area contributed by atoms with Gasteiger partial charge in [0.2, 0.25) is 0 Å². The van der Waals surface area contributed by atoms with Gasteiger partial charge in [-0.1, -0.05) is 23.8 Å². The number of halogens is 1. The number of hydrogen-bond donors (Lipinski definition) is 2. The molecule has 1 rings (SSSR count). The van der Waals surface area contributed by atoms with E-state index < -0.39 is 5.97 Å². The first kappa shape index (κ1) is 15.8. The van der Waals surface area contributed by atoms with Crippen LogP contribution in [0.4, 0.5) is 10.5 Å². The summed E-state index contributed by atoms with van der Waals surface area (Å²) in [5.41, 5.74) is 0.404. The quantitative estimate of drug-likeness (QED) is 0.791. The number of nitrogens with one attached hydrogen (secondary N) is 1.